The molecule has 0 aromatic carbocycles. The fraction of sp³-hybridized carbons (Fsp3) is 0.700. The molecule has 0 bridgehead atoms. The Morgan fingerprint density at radius 1 is 1.25 bits per heavy atom. The highest BCUT2D eigenvalue weighted by Crippen LogP contribution is 2.36. The number of halogens is 2. The molecule has 0 aliphatic carbocycles. The van der Waals surface area contributed by atoms with Crippen LogP contribution in [0.4, 0.5) is 8.78 Å². The summed E-state index contributed by atoms with van der Waals surface area (Å²) in [6.45, 7) is 14.5. The molecule has 5 nitrogen and oxygen atoms in total. The number of hydrogen-bond acceptors (Lipinski definition) is 3. The number of primary amides is 1. The van der Waals surface area contributed by atoms with Gasteiger partial charge in [-0.2, -0.15) is 0 Å². The topological polar surface area (TPSA) is 67.9 Å². The van der Waals surface area contributed by atoms with Crippen molar-refractivity contribution in [2.75, 3.05) is 13.2 Å². The van der Waals surface area contributed by atoms with Gasteiger partial charge in [-0.1, -0.05) is 46.8 Å². The zero-order valence-corrected chi connectivity index (χ0v) is 19.1. The number of nitrogens with two attached hydrogens (primary N) is 1. The number of rotatable bonds is 8. The molecule has 2 N–H and O–H groups in total. The maximum absolute atomic E-state index is 13.7. The Labute approximate surface area is 168 Å². The standard InChI is InChI=1S/C20H35F2N3O2Si/c1-19(2,3)28(6,7)27-13-11-24-17(16(21)22)25-12-9-8-10-15(25)14-20(4,5)18(23)26/h8-10,12,15-16H,11,13-14H2,1-7H3,(H2,23,26)/b24-17-. The number of carbonyl (C=O) groups excluding carboxylic acids is 1. The maximum Gasteiger partial charge on any atom is 0.295 e. The minimum Gasteiger partial charge on any atom is -0.415 e. The number of allylic oxidation sites excluding steroid dienone is 2. The van der Waals surface area contributed by atoms with E-state index in [9.17, 15) is 13.6 Å². The summed E-state index contributed by atoms with van der Waals surface area (Å²) in [5.74, 6) is -0.779. The Morgan fingerprint density at radius 3 is 2.36 bits per heavy atom. The van der Waals surface area contributed by atoms with E-state index in [1.54, 1.807) is 38.3 Å². The van der Waals surface area contributed by atoms with Gasteiger partial charge in [0.1, 0.15) is 0 Å². The maximum atomic E-state index is 13.7. The molecule has 0 fully saturated rings. The van der Waals surface area contributed by atoms with Crippen LogP contribution in [-0.4, -0.2) is 50.6 Å². The Morgan fingerprint density at radius 2 is 1.86 bits per heavy atom. The highest BCUT2D eigenvalue weighted by Gasteiger charge is 2.37. The molecular weight excluding hydrogens is 380 g/mol. The first-order chi connectivity index (χ1) is 12.7. The smallest absolute Gasteiger partial charge is 0.295 e. The van der Waals surface area contributed by atoms with Crippen molar-refractivity contribution in [3.8, 4) is 0 Å². The zero-order valence-electron chi connectivity index (χ0n) is 18.1. The number of aliphatic imine (C=N–C) groups is 1. The molecule has 1 amide bonds. The molecule has 0 aromatic rings. The summed E-state index contributed by atoms with van der Waals surface area (Å²) in [4.78, 5) is 17.2. The van der Waals surface area contributed by atoms with Gasteiger partial charge in [-0.15, -0.1) is 0 Å². The van der Waals surface area contributed by atoms with Gasteiger partial charge in [0, 0.05) is 11.6 Å². The van der Waals surface area contributed by atoms with E-state index in [0.717, 1.165) is 0 Å². The van der Waals surface area contributed by atoms with Crippen molar-refractivity contribution in [3.05, 3.63) is 24.4 Å². The second kappa shape index (κ2) is 9.30. The molecule has 1 atom stereocenters. The van der Waals surface area contributed by atoms with E-state index in [0.29, 0.717) is 13.0 Å². The number of amides is 1. The number of nitrogens with zero attached hydrogens (tertiary/aromatic N) is 2. The number of alkyl halides is 2. The second-order valence-corrected chi connectivity index (χ2v) is 14.1. The van der Waals surface area contributed by atoms with Crippen LogP contribution in [0.1, 0.15) is 41.0 Å². The van der Waals surface area contributed by atoms with Crippen molar-refractivity contribution in [3.63, 3.8) is 0 Å². The molecule has 1 unspecified atom stereocenters. The van der Waals surface area contributed by atoms with Crippen LogP contribution < -0.4 is 5.73 Å². The van der Waals surface area contributed by atoms with Crippen LogP contribution in [0.5, 0.6) is 0 Å². The first-order valence-corrected chi connectivity index (χ1v) is 12.5. The molecular formula is C20H35F2N3O2Si. The fourth-order valence-corrected chi connectivity index (χ4v) is 3.55. The predicted octanol–water partition coefficient (Wildman–Crippen LogP) is 4.33. The summed E-state index contributed by atoms with van der Waals surface area (Å²) in [5.41, 5.74) is 4.63. The van der Waals surface area contributed by atoms with Crippen LogP contribution >= 0.6 is 0 Å². The Balaban J connectivity index is 2.90. The van der Waals surface area contributed by atoms with E-state index in [-0.39, 0.29) is 17.4 Å². The Kier molecular flexibility index (Phi) is 8.14. The Bertz CT molecular complexity index is 638. The van der Waals surface area contributed by atoms with Gasteiger partial charge in [-0.25, -0.2) is 8.78 Å². The van der Waals surface area contributed by atoms with Crippen LogP contribution in [0.2, 0.25) is 18.1 Å². The lowest BCUT2D eigenvalue weighted by atomic mass is 9.84. The van der Waals surface area contributed by atoms with E-state index in [1.165, 1.54) is 4.90 Å². The lowest BCUT2D eigenvalue weighted by Crippen LogP contribution is -2.45. The molecule has 1 heterocycles. The second-order valence-electron chi connectivity index (χ2n) is 9.30. The third kappa shape index (κ3) is 6.51. The van der Waals surface area contributed by atoms with E-state index in [1.807, 2.05) is 0 Å². The first kappa shape index (κ1) is 24.5. The van der Waals surface area contributed by atoms with E-state index >= 15 is 0 Å². The van der Waals surface area contributed by atoms with Gasteiger partial charge in [0.2, 0.25) is 5.91 Å². The predicted molar refractivity (Wildman–Crippen MR) is 113 cm³/mol. The van der Waals surface area contributed by atoms with Crippen LogP contribution in [-0.2, 0) is 9.22 Å². The minimum absolute atomic E-state index is 0.0497. The third-order valence-corrected chi connectivity index (χ3v) is 10.1. The number of hydrogen-bond donors (Lipinski definition) is 1. The van der Waals surface area contributed by atoms with Gasteiger partial charge in [-0.05, 0) is 30.6 Å². The SMILES string of the molecule is CC(C)(CC1C=CC=CN1/C(=N\CCO[Si](C)(C)C(C)(C)C)C(F)F)C(N)=O. The largest absolute Gasteiger partial charge is 0.415 e. The molecule has 1 aliphatic heterocycles. The molecule has 0 radical (unpaired) electrons. The van der Waals surface area contributed by atoms with Crippen LogP contribution in [0.15, 0.2) is 29.4 Å². The first-order valence-electron chi connectivity index (χ1n) is 9.59. The lowest BCUT2D eigenvalue weighted by molar-refractivity contribution is -0.126. The zero-order chi connectivity index (χ0) is 21.8. The lowest BCUT2D eigenvalue weighted by Gasteiger charge is -2.36. The number of amidine groups is 1. The summed E-state index contributed by atoms with van der Waals surface area (Å²) in [6, 6.07) is -0.415. The normalized spacial score (nSPS) is 18.9. The highest BCUT2D eigenvalue weighted by molar-refractivity contribution is 6.74. The molecule has 160 valence electrons. The summed E-state index contributed by atoms with van der Waals surface area (Å²) in [6.07, 6.45) is 4.40. The van der Waals surface area contributed by atoms with E-state index in [4.69, 9.17) is 10.2 Å². The summed E-state index contributed by atoms with van der Waals surface area (Å²) < 4.78 is 33.5. The monoisotopic (exact) mass is 415 g/mol. The Hall–Kier alpha value is -1.54. The molecule has 0 saturated carbocycles. The van der Waals surface area contributed by atoms with Crippen molar-refractivity contribution in [2.24, 2.45) is 16.1 Å². The van der Waals surface area contributed by atoms with Gasteiger partial charge >= 0.3 is 0 Å². The molecule has 0 saturated heterocycles. The summed E-state index contributed by atoms with van der Waals surface area (Å²) in [5, 5.41) is 0.0497. The van der Waals surface area contributed by atoms with Crippen molar-refractivity contribution >= 4 is 20.1 Å². The van der Waals surface area contributed by atoms with Crippen molar-refractivity contribution in [2.45, 2.75) is 71.6 Å². The van der Waals surface area contributed by atoms with Crippen LogP contribution in [0.25, 0.3) is 0 Å². The molecule has 28 heavy (non-hydrogen) atoms. The van der Waals surface area contributed by atoms with Crippen molar-refractivity contribution < 1.29 is 18.0 Å². The molecule has 1 aliphatic rings. The summed E-state index contributed by atoms with van der Waals surface area (Å²) >= 11 is 0. The quantitative estimate of drug-likeness (QED) is 0.278. The average molecular weight is 416 g/mol. The third-order valence-electron chi connectivity index (χ3n) is 5.53. The fourth-order valence-electron chi connectivity index (χ4n) is 2.52. The molecule has 1 rings (SSSR count). The molecule has 0 aromatic heterocycles. The average Bonchev–Trinajstić information content (AvgIpc) is 2.54. The van der Waals surface area contributed by atoms with Gasteiger partial charge in [0.25, 0.3) is 6.43 Å². The van der Waals surface area contributed by atoms with Gasteiger partial charge in [-0.3, -0.25) is 9.79 Å². The van der Waals surface area contributed by atoms with Crippen LogP contribution in [0.3, 0.4) is 0 Å². The highest BCUT2D eigenvalue weighted by atomic mass is 28.4. The van der Waals surface area contributed by atoms with Gasteiger partial charge in [0.15, 0.2) is 14.2 Å². The molecule has 0 spiro atoms. The van der Waals surface area contributed by atoms with E-state index in [2.05, 4.69) is 38.9 Å². The van der Waals surface area contributed by atoms with Gasteiger partial charge < -0.3 is 15.1 Å². The van der Waals surface area contributed by atoms with Gasteiger partial charge in [0.05, 0.1) is 19.2 Å². The minimum atomic E-state index is -2.73. The molecule has 8 heteroatoms. The van der Waals surface area contributed by atoms with Crippen molar-refractivity contribution in [1.82, 2.24) is 4.90 Å². The van der Waals surface area contributed by atoms with E-state index < -0.39 is 32.1 Å². The van der Waals surface area contributed by atoms with Crippen LogP contribution in [0, 0.1) is 5.41 Å². The van der Waals surface area contributed by atoms with Crippen molar-refractivity contribution in [1.29, 1.82) is 0 Å². The number of carbonyl (C=O) groups is 1. The summed E-state index contributed by atoms with van der Waals surface area (Å²) in [7, 11) is -1.95.